The Hall–Kier alpha value is -6.83. The second-order valence-corrected chi connectivity index (χ2v) is 31.4. The number of carbonyl (C=O) groups excluding carboxylic acids is 11. The number of amides is 11. The largest absolute Gasteiger partial charge is 0.355 e. The van der Waals surface area contributed by atoms with Gasteiger partial charge in [-0.15, -0.1) is 0 Å². The van der Waals surface area contributed by atoms with Crippen LogP contribution >= 0.6 is 0 Å². The maximum atomic E-state index is 14.1. The summed E-state index contributed by atoms with van der Waals surface area (Å²) in [7, 11) is 0. The minimum Gasteiger partial charge on any atom is -0.355 e. The highest BCUT2D eigenvalue weighted by Gasteiger charge is 2.22. The van der Waals surface area contributed by atoms with Gasteiger partial charge in [0.25, 0.3) is 0 Å². The van der Waals surface area contributed by atoms with Gasteiger partial charge in [0, 0.05) is 457 Å². The van der Waals surface area contributed by atoms with E-state index in [1.165, 1.54) is 0 Å². The van der Waals surface area contributed by atoms with Gasteiger partial charge in [0.1, 0.15) is 0 Å². The minimum absolute atomic E-state index is 0.0561. The van der Waals surface area contributed by atoms with Crippen molar-refractivity contribution in [3.8, 4) is 0 Å². The first-order chi connectivity index (χ1) is 61.9. The number of carbonyl (C=O) groups is 11. The first-order valence-corrected chi connectivity index (χ1v) is 46.7. The standard InChI is InChI=1S/C81H178N36O11/c82-12-47-106(48-13-83)36-1-71(118)98-28-63-114(64-29-99-72(119)2-37-107(49-14-84)50-15-85)43-8-76(123)96-26-61-112(59-24-94)42-7-75(122)102-32-67-115(68-33-103-78(125)10-45-116(65-30-100-73(120)3-38-108(51-16-86)52-17-87)66-31-101-74(121)4-39-109(53-18-88)54-19-89)44-9-77(124)97-27-62-113(60-25-95)46-11-81(128)117(69-34-104-79(126)5-40-110(55-20-90)56-21-91)70-35-105-80(127)6-41-111(57-22-92)58-23-93/h1-70,82-95H2,(H,96,123)(H,97,124)(H,98,118)(H,99,119)(H,100,120)(H,101,121)(H,102,122)(H,103,125)(H,104,126)(H,105,127). The predicted octanol–water partition coefficient (Wildman–Crippen LogP) is -15.0. The topological polar surface area (TPSA) is 711 Å². The zero-order valence-corrected chi connectivity index (χ0v) is 77.9. The van der Waals surface area contributed by atoms with E-state index in [9.17, 15) is 52.7 Å². The van der Waals surface area contributed by atoms with E-state index in [1.807, 2.05) is 53.9 Å². The van der Waals surface area contributed by atoms with Crippen LogP contribution in [0.15, 0.2) is 0 Å². The molecule has 0 unspecified atom stereocenters. The molecule has 0 aromatic heterocycles. The van der Waals surface area contributed by atoms with Gasteiger partial charge >= 0.3 is 0 Å². The molecule has 0 saturated carbocycles. The predicted molar refractivity (Wildman–Crippen MR) is 505 cm³/mol. The van der Waals surface area contributed by atoms with E-state index in [0.717, 1.165) is 0 Å². The molecule has 0 aromatic rings. The molecule has 0 heterocycles. The fraction of sp³-hybridized carbons (Fsp3) is 0.864. The Kier molecular flexibility index (Phi) is 79.9. The van der Waals surface area contributed by atoms with Crippen LogP contribution in [0.2, 0.25) is 0 Å². The summed E-state index contributed by atoms with van der Waals surface area (Å²) in [5.41, 5.74) is 81.3. The van der Waals surface area contributed by atoms with Crippen LogP contribution in [0.4, 0.5) is 0 Å². The second-order valence-electron chi connectivity index (χ2n) is 31.4. The van der Waals surface area contributed by atoms with Gasteiger partial charge in [-0.2, -0.15) is 0 Å². The molecule has 128 heavy (non-hydrogen) atoms. The Bertz CT molecular complexity index is 2700. The second kappa shape index (κ2) is 84.4. The van der Waals surface area contributed by atoms with Gasteiger partial charge in [-0.05, 0) is 0 Å². The lowest BCUT2D eigenvalue weighted by Gasteiger charge is -2.26. The third-order valence-corrected chi connectivity index (χ3v) is 21.2. The fourth-order valence-corrected chi connectivity index (χ4v) is 14.0. The summed E-state index contributed by atoms with van der Waals surface area (Å²) in [5.74, 6) is -2.08. The molecule has 0 fully saturated rings. The van der Waals surface area contributed by atoms with Crippen LogP contribution in [0.5, 0.6) is 0 Å². The highest BCUT2D eigenvalue weighted by molar-refractivity contribution is 5.80. The van der Waals surface area contributed by atoms with E-state index >= 15 is 0 Å². The van der Waals surface area contributed by atoms with Crippen LogP contribution in [0.3, 0.4) is 0 Å². The van der Waals surface area contributed by atoms with Gasteiger partial charge in [0.2, 0.25) is 65.0 Å². The first kappa shape index (κ1) is 121. The van der Waals surface area contributed by atoms with Crippen LogP contribution < -0.4 is 133 Å². The Morgan fingerprint density at radius 2 is 0.234 bits per heavy atom. The van der Waals surface area contributed by atoms with Crippen molar-refractivity contribution in [2.24, 2.45) is 80.3 Å². The number of rotatable bonds is 91. The van der Waals surface area contributed by atoms with Crippen molar-refractivity contribution in [3.05, 3.63) is 0 Å². The van der Waals surface area contributed by atoms with Crippen molar-refractivity contribution in [3.63, 3.8) is 0 Å². The summed E-state index contributed by atoms with van der Waals surface area (Å²) < 4.78 is 0. The number of nitrogens with one attached hydrogen (secondary N) is 10. The molecule has 0 aliphatic heterocycles. The average Bonchev–Trinajstić information content (AvgIpc) is 0.905. The van der Waals surface area contributed by atoms with E-state index in [0.29, 0.717) is 321 Å². The van der Waals surface area contributed by atoms with E-state index in [1.54, 1.807) is 4.90 Å². The van der Waals surface area contributed by atoms with Crippen LogP contribution in [-0.2, 0) is 52.7 Å². The molecule has 38 N–H and O–H groups in total. The third-order valence-electron chi connectivity index (χ3n) is 21.2. The molecule has 0 bridgehead atoms. The molecule has 0 aromatic carbocycles. The Morgan fingerprint density at radius 3 is 0.359 bits per heavy atom. The normalized spacial score (nSPS) is 11.7. The van der Waals surface area contributed by atoms with E-state index in [4.69, 9.17) is 80.3 Å². The van der Waals surface area contributed by atoms with Crippen LogP contribution in [0, 0.1) is 0 Å². The lowest BCUT2D eigenvalue weighted by atomic mass is 10.3. The summed E-state index contributed by atoms with van der Waals surface area (Å²) in [6.07, 6.45) is 1.96. The quantitative estimate of drug-likeness (QED) is 0.0269. The highest BCUT2D eigenvalue weighted by Crippen LogP contribution is 2.04. The summed E-state index contributed by atoms with van der Waals surface area (Å²) >= 11 is 0. The van der Waals surface area contributed by atoms with Crippen LogP contribution in [-0.4, -0.2) is 510 Å². The molecular formula is C81H178N36O11. The van der Waals surface area contributed by atoms with Crippen LogP contribution in [0.1, 0.15) is 70.6 Å². The van der Waals surface area contributed by atoms with Gasteiger partial charge in [-0.1, -0.05) is 0 Å². The van der Waals surface area contributed by atoms with E-state index in [2.05, 4.69) is 53.2 Å². The molecule has 47 heteroatoms. The van der Waals surface area contributed by atoms with Gasteiger partial charge in [0.05, 0.1) is 0 Å². The number of hydrogen-bond donors (Lipinski definition) is 24. The number of nitrogens with two attached hydrogens (primary N) is 14. The number of nitrogens with zero attached hydrogens (tertiary/aromatic N) is 12. The molecule has 47 nitrogen and oxygen atoms in total. The van der Waals surface area contributed by atoms with Crippen molar-refractivity contribution in [2.75, 3.05) is 386 Å². The maximum absolute atomic E-state index is 14.1. The molecule has 0 saturated heterocycles. The Morgan fingerprint density at radius 1 is 0.133 bits per heavy atom. The molecule has 748 valence electrons. The first-order valence-electron chi connectivity index (χ1n) is 46.7. The SMILES string of the molecule is NCCN(CCN)CCC(=O)NCCN(CCNC(=O)CCN(CCN)CCN)CCC(=O)NCCN(CCN)CCC(=O)NCCN(CCNC(=O)CCN(CCNC(=O)CCN(CCN)CCN)CCNC(=O)CCN(CCN)CCN)CCC(=O)NCCN(CCN)CCC(=O)N(CCNC(=O)CCN(CCN)CCN)CCNC(=O)CCN(CCN)CCN. The molecule has 0 rings (SSSR count). The fourth-order valence-electron chi connectivity index (χ4n) is 14.0. The van der Waals surface area contributed by atoms with Gasteiger partial charge in [-0.3, -0.25) is 77.2 Å². The summed E-state index contributed by atoms with van der Waals surface area (Å²) in [6, 6.07) is 0. The average molecular weight is 1830 g/mol. The summed E-state index contributed by atoms with van der Waals surface area (Å²) in [6.45, 7) is 24.5. The van der Waals surface area contributed by atoms with E-state index in [-0.39, 0.29) is 201 Å². The van der Waals surface area contributed by atoms with Gasteiger partial charge in [-0.25, -0.2) is 0 Å². The smallest absolute Gasteiger partial charge is 0.223 e. The molecule has 0 aliphatic carbocycles. The monoisotopic (exact) mass is 1830 g/mol. The highest BCUT2D eigenvalue weighted by atomic mass is 16.2. The van der Waals surface area contributed by atoms with Crippen molar-refractivity contribution in [1.82, 2.24) is 112 Å². The molecule has 11 amide bonds. The van der Waals surface area contributed by atoms with E-state index < -0.39 is 0 Å². The Labute approximate surface area is 763 Å². The zero-order valence-electron chi connectivity index (χ0n) is 77.9. The number of hydrogen-bond acceptors (Lipinski definition) is 36. The molecule has 0 atom stereocenters. The lowest BCUT2D eigenvalue weighted by Crippen LogP contribution is -2.45. The zero-order chi connectivity index (χ0) is 94.8. The summed E-state index contributed by atoms with van der Waals surface area (Å²) in [4.78, 5) is 170. The Balaban J connectivity index is 6.46. The van der Waals surface area contributed by atoms with Gasteiger partial charge in [0.15, 0.2) is 0 Å². The minimum atomic E-state index is -0.260. The van der Waals surface area contributed by atoms with Crippen molar-refractivity contribution < 1.29 is 52.7 Å². The van der Waals surface area contributed by atoms with Crippen molar-refractivity contribution in [2.45, 2.75) is 70.6 Å². The van der Waals surface area contributed by atoms with Crippen molar-refractivity contribution in [1.29, 1.82) is 0 Å². The molecule has 0 aliphatic rings. The lowest BCUT2D eigenvalue weighted by molar-refractivity contribution is -0.132. The van der Waals surface area contributed by atoms with Gasteiger partial charge < -0.3 is 168 Å². The maximum Gasteiger partial charge on any atom is 0.223 e. The summed E-state index contributed by atoms with van der Waals surface area (Å²) in [5, 5.41) is 29.8. The third kappa shape index (κ3) is 70.0. The van der Waals surface area contributed by atoms with Crippen molar-refractivity contribution >= 4 is 65.0 Å². The molecular weight excluding hydrogens is 1650 g/mol. The molecule has 0 radical (unpaired) electrons. The molecule has 0 spiro atoms. The van der Waals surface area contributed by atoms with Crippen LogP contribution in [0.25, 0.3) is 0 Å².